The van der Waals surface area contributed by atoms with Gasteiger partial charge in [0.1, 0.15) is 5.69 Å². The predicted molar refractivity (Wildman–Crippen MR) is 72.9 cm³/mol. The molecule has 0 spiro atoms. The van der Waals surface area contributed by atoms with Gasteiger partial charge in [-0.1, -0.05) is 48.5 Å². The molecule has 0 aliphatic rings. The maximum Gasteiger partial charge on any atom is 0.292 e. The van der Waals surface area contributed by atoms with Gasteiger partial charge in [-0.3, -0.25) is 10.1 Å². The highest BCUT2D eigenvalue weighted by Gasteiger charge is 2.09. The molecule has 0 aromatic heterocycles. The molecular formula is C12H13N2O2P. The number of nitrogens with one attached hydrogen (secondary N) is 1. The first-order chi connectivity index (χ1) is 8.25. The van der Waals surface area contributed by atoms with Crippen molar-refractivity contribution in [3.8, 4) is 0 Å². The quantitative estimate of drug-likeness (QED) is 0.503. The summed E-state index contributed by atoms with van der Waals surface area (Å²) in [6.07, 6.45) is 0. The Morgan fingerprint density at radius 1 is 0.941 bits per heavy atom. The van der Waals surface area contributed by atoms with Crippen LogP contribution in [-0.2, 0) is 0 Å². The summed E-state index contributed by atoms with van der Waals surface area (Å²) in [4.78, 5) is 9.91. The van der Waals surface area contributed by atoms with Gasteiger partial charge < -0.3 is 5.09 Å². The van der Waals surface area contributed by atoms with Crippen LogP contribution in [0.15, 0.2) is 60.7 Å². The van der Waals surface area contributed by atoms with Crippen LogP contribution in [0.3, 0.4) is 0 Å². The van der Waals surface area contributed by atoms with Crippen molar-refractivity contribution in [2.45, 2.75) is 0 Å². The van der Waals surface area contributed by atoms with Crippen LogP contribution in [0.4, 0.5) is 11.4 Å². The average Bonchev–Trinajstić information content (AvgIpc) is 2.41. The van der Waals surface area contributed by atoms with E-state index in [1.165, 1.54) is 6.07 Å². The van der Waals surface area contributed by atoms with Crippen molar-refractivity contribution in [1.82, 2.24) is 0 Å². The fourth-order valence-corrected chi connectivity index (χ4v) is 1.38. The summed E-state index contributed by atoms with van der Waals surface area (Å²) in [6, 6.07) is 18.5. The Labute approximate surface area is 102 Å². The van der Waals surface area contributed by atoms with Crippen LogP contribution in [0.5, 0.6) is 0 Å². The third kappa shape index (κ3) is 4.62. The number of hydrogen-bond acceptors (Lipinski definition) is 3. The zero-order valence-electron chi connectivity index (χ0n) is 9.11. The Kier molecular flexibility index (Phi) is 5.69. The summed E-state index contributed by atoms with van der Waals surface area (Å²) in [7, 11) is 2.22. The van der Waals surface area contributed by atoms with Crippen LogP contribution >= 0.6 is 9.39 Å². The average molecular weight is 248 g/mol. The Hall–Kier alpha value is -1.93. The number of rotatable bonds is 2. The van der Waals surface area contributed by atoms with E-state index in [2.05, 4.69) is 14.5 Å². The lowest BCUT2D eigenvalue weighted by atomic mass is 10.3. The van der Waals surface area contributed by atoms with Crippen LogP contribution < -0.4 is 5.09 Å². The molecule has 4 nitrogen and oxygen atoms in total. The van der Waals surface area contributed by atoms with Gasteiger partial charge in [-0.2, -0.15) is 0 Å². The van der Waals surface area contributed by atoms with Crippen molar-refractivity contribution in [2.24, 2.45) is 0 Å². The van der Waals surface area contributed by atoms with E-state index in [9.17, 15) is 10.1 Å². The molecule has 0 fully saturated rings. The lowest BCUT2D eigenvalue weighted by molar-refractivity contribution is -0.383. The van der Waals surface area contributed by atoms with Gasteiger partial charge in [-0.15, -0.1) is 0 Å². The summed E-state index contributed by atoms with van der Waals surface area (Å²) in [5.41, 5.74) is 0.588. The van der Waals surface area contributed by atoms with Gasteiger partial charge in [0.05, 0.1) is 4.92 Å². The second-order valence-electron chi connectivity index (χ2n) is 3.07. The van der Waals surface area contributed by atoms with Gasteiger partial charge in [0.15, 0.2) is 0 Å². The molecule has 1 N–H and O–H groups in total. The van der Waals surface area contributed by atoms with E-state index in [-0.39, 0.29) is 5.69 Å². The van der Waals surface area contributed by atoms with E-state index in [1.54, 1.807) is 18.2 Å². The molecule has 0 saturated carbocycles. The molecule has 0 saturated heterocycles. The SMILES string of the molecule is O=[N+]([O-])c1ccccc1NP.c1ccccc1. The molecule has 2 aromatic rings. The Balaban J connectivity index is 0.000000202. The van der Waals surface area contributed by atoms with E-state index < -0.39 is 4.92 Å². The highest BCUT2D eigenvalue weighted by Crippen LogP contribution is 2.23. The van der Waals surface area contributed by atoms with Crippen molar-refractivity contribution < 1.29 is 4.92 Å². The van der Waals surface area contributed by atoms with Gasteiger partial charge >= 0.3 is 0 Å². The molecule has 88 valence electrons. The molecule has 0 aliphatic carbocycles. The normalized spacial score (nSPS) is 8.76. The highest BCUT2D eigenvalue weighted by molar-refractivity contribution is 7.18. The molecule has 1 atom stereocenters. The zero-order valence-corrected chi connectivity index (χ0v) is 10.3. The minimum absolute atomic E-state index is 0.0856. The van der Waals surface area contributed by atoms with Gasteiger partial charge in [-0.25, -0.2) is 0 Å². The second kappa shape index (κ2) is 7.36. The number of para-hydroxylation sites is 2. The number of anilines is 1. The number of nitro groups is 1. The molecule has 2 aromatic carbocycles. The second-order valence-corrected chi connectivity index (χ2v) is 3.36. The summed E-state index contributed by atoms with van der Waals surface area (Å²) in [5, 5.41) is 13.0. The third-order valence-corrected chi connectivity index (χ3v) is 2.23. The van der Waals surface area contributed by atoms with Crippen LogP contribution in [0.2, 0.25) is 0 Å². The van der Waals surface area contributed by atoms with E-state index in [0.29, 0.717) is 5.69 Å². The number of benzene rings is 2. The molecule has 17 heavy (non-hydrogen) atoms. The van der Waals surface area contributed by atoms with Crippen LogP contribution in [0.25, 0.3) is 0 Å². The van der Waals surface area contributed by atoms with E-state index in [0.717, 1.165) is 0 Å². The van der Waals surface area contributed by atoms with Crippen molar-refractivity contribution in [3.05, 3.63) is 70.8 Å². The topological polar surface area (TPSA) is 55.2 Å². The molecule has 2 rings (SSSR count). The molecule has 0 heterocycles. The zero-order chi connectivity index (χ0) is 12.5. The fraction of sp³-hybridized carbons (Fsp3) is 0. The van der Waals surface area contributed by atoms with Crippen LogP contribution in [0, 0.1) is 10.1 Å². The van der Waals surface area contributed by atoms with Gasteiger partial charge in [0, 0.05) is 6.07 Å². The van der Waals surface area contributed by atoms with E-state index >= 15 is 0 Å². The maximum atomic E-state index is 10.3. The minimum atomic E-state index is -0.424. The maximum absolute atomic E-state index is 10.3. The first kappa shape index (κ1) is 13.1. The van der Waals surface area contributed by atoms with Crippen molar-refractivity contribution in [3.63, 3.8) is 0 Å². The predicted octanol–water partition coefficient (Wildman–Crippen LogP) is 3.48. The molecule has 0 amide bonds. The number of nitro benzene ring substituents is 1. The number of hydrogen-bond donors (Lipinski definition) is 1. The van der Waals surface area contributed by atoms with Crippen molar-refractivity contribution >= 4 is 20.8 Å². The molecule has 0 bridgehead atoms. The molecule has 0 radical (unpaired) electrons. The Morgan fingerprint density at radius 2 is 1.41 bits per heavy atom. The van der Waals surface area contributed by atoms with Crippen LogP contribution in [-0.4, -0.2) is 4.92 Å². The van der Waals surface area contributed by atoms with E-state index in [4.69, 9.17) is 0 Å². The minimum Gasteiger partial charge on any atom is -0.364 e. The third-order valence-electron chi connectivity index (χ3n) is 1.92. The molecular weight excluding hydrogens is 235 g/mol. The number of nitrogens with zero attached hydrogens (tertiary/aromatic N) is 1. The first-order valence-corrected chi connectivity index (χ1v) is 5.53. The lowest BCUT2D eigenvalue weighted by Gasteiger charge is -1.98. The molecule has 0 aliphatic heterocycles. The summed E-state index contributed by atoms with van der Waals surface area (Å²) >= 11 is 0. The molecule has 5 heteroatoms. The lowest BCUT2D eigenvalue weighted by Crippen LogP contribution is -1.91. The summed E-state index contributed by atoms with van der Waals surface area (Å²) in [5.74, 6) is 0. The standard InChI is InChI=1S/C6H7N2O2P.C6H6/c9-8(10)6-4-2-1-3-5(6)7-11;1-2-4-6-5-3-1/h1-4,7H,11H2;1-6H. The van der Waals surface area contributed by atoms with Gasteiger partial charge in [-0.05, 0) is 15.5 Å². The van der Waals surface area contributed by atoms with Gasteiger partial charge in [0.25, 0.3) is 5.69 Å². The Morgan fingerprint density at radius 3 is 1.76 bits per heavy atom. The summed E-state index contributed by atoms with van der Waals surface area (Å²) < 4.78 is 0. The van der Waals surface area contributed by atoms with Crippen molar-refractivity contribution in [2.75, 3.05) is 5.09 Å². The van der Waals surface area contributed by atoms with Crippen LogP contribution in [0.1, 0.15) is 0 Å². The summed E-state index contributed by atoms with van der Waals surface area (Å²) in [6.45, 7) is 0. The highest BCUT2D eigenvalue weighted by atomic mass is 31.0. The molecule has 1 unspecified atom stereocenters. The first-order valence-electron chi connectivity index (χ1n) is 4.95. The fourth-order valence-electron chi connectivity index (χ4n) is 1.14. The largest absolute Gasteiger partial charge is 0.364 e. The van der Waals surface area contributed by atoms with Gasteiger partial charge in [0.2, 0.25) is 0 Å². The van der Waals surface area contributed by atoms with E-state index in [1.807, 2.05) is 36.4 Å². The smallest absolute Gasteiger partial charge is 0.292 e. The Bertz CT molecular complexity index is 436. The van der Waals surface area contributed by atoms with Crippen molar-refractivity contribution in [1.29, 1.82) is 0 Å². The monoisotopic (exact) mass is 248 g/mol.